The van der Waals surface area contributed by atoms with Crippen molar-refractivity contribution in [1.82, 2.24) is 10.2 Å². The molecule has 32 heavy (non-hydrogen) atoms. The van der Waals surface area contributed by atoms with Crippen molar-refractivity contribution >= 4 is 23.2 Å². The maximum atomic E-state index is 12.0. The second-order valence-corrected chi connectivity index (χ2v) is 8.26. The molecule has 3 heterocycles. The molecule has 0 spiro atoms. The molecule has 1 aromatic heterocycles. The summed E-state index contributed by atoms with van der Waals surface area (Å²) in [5.74, 6) is 0.211. The lowest BCUT2D eigenvalue weighted by atomic mass is 10.1. The first-order chi connectivity index (χ1) is 15.5. The molecule has 3 aromatic rings. The van der Waals surface area contributed by atoms with E-state index in [2.05, 4.69) is 20.0 Å². The summed E-state index contributed by atoms with van der Waals surface area (Å²) < 4.78 is 4.88. The van der Waals surface area contributed by atoms with Crippen LogP contribution in [-0.2, 0) is 4.74 Å². The fraction of sp³-hybridized carbons (Fsp3) is 0.292. The Labute approximate surface area is 186 Å². The number of benzene rings is 2. The fourth-order valence-electron chi connectivity index (χ4n) is 4.90. The van der Waals surface area contributed by atoms with Gasteiger partial charge in [-0.25, -0.2) is 4.79 Å². The number of aromatic hydroxyl groups is 1. The lowest BCUT2D eigenvalue weighted by Crippen LogP contribution is -2.54. The van der Waals surface area contributed by atoms with Crippen molar-refractivity contribution in [3.63, 3.8) is 0 Å². The highest BCUT2D eigenvalue weighted by Gasteiger charge is 2.40. The zero-order valence-electron chi connectivity index (χ0n) is 17.8. The largest absolute Gasteiger partial charge is 0.507 e. The minimum atomic E-state index is -0.329. The number of methoxy groups -OCH3 is 1. The fourth-order valence-corrected chi connectivity index (χ4v) is 4.90. The molecule has 8 heteroatoms. The average Bonchev–Trinajstić information content (AvgIpc) is 3.08. The number of aromatic nitrogens is 2. The number of nitrogens with two attached hydrogens (primary N) is 1. The molecule has 2 bridgehead atoms. The van der Waals surface area contributed by atoms with E-state index in [9.17, 15) is 9.90 Å². The molecule has 0 amide bonds. The first-order valence-corrected chi connectivity index (χ1v) is 10.7. The number of para-hydroxylation sites is 1. The van der Waals surface area contributed by atoms with E-state index < -0.39 is 0 Å². The molecule has 164 valence electrons. The smallest absolute Gasteiger partial charge is 0.337 e. The zero-order chi connectivity index (χ0) is 22.2. The molecule has 5 rings (SSSR count). The first-order valence-electron chi connectivity index (χ1n) is 10.7. The van der Waals surface area contributed by atoms with Crippen molar-refractivity contribution in [2.75, 3.05) is 35.7 Å². The van der Waals surface area contributed by atoms with Gasteiger partial charge in [-0.15, -0.1) is 10.2 Å². The van der Waals surface area contributed by atoms with Crippen molar-refractivity contribution < 1.29 is 14.6 Å². The summed E-state index contributed by atoms with van der Waals surface area (Å²) in [6, 6.07) is 17.2. The third-order valence-corrected chi connectivity index (χ3v) is 6.37. The SMILES string of the molecule is COC(=O)c1cccc(N2[C@@H]3CC[C@H]2CN(c2cc(-c4ccccc4O)nnc2N)C3)c1. The summed E-state index contributed by atoms with van der Waals surface area (Å²) >= 11 is 0. The minimum absolute atomic E-state index is 0.160. The van der Waals surface area contributed by atoms with E-state index in [0.29, 0.717) is 34.7 Å². The third-order valence-electron chi connectivity index (χ3n) is 6.37. The molecule has 3 N–H and O–H groups in total. The van der Waals surface area contributed by atoms with Crippen molar-refractivity contribution in [2.45, 2.75) is 24.9 Å². The number of hydrogen-bond acceptors (Lipinski definition) is 8. The Morgan fingerprint density at radius 2 is 1.81 bits per heavy atom. The van der Waals surface area contributed by atoms with Crippen LogP contribution in [0.4, 0.5) is 17.2 Å². The molecule has 2 fully saturated rings. The maximum absolute atomic E-state index is 12.0. The van der Waals surface area contributed by atoms with Gasteiger partial charge >= 0.3 is 5.97 Å². The molecule has 2 aliphatic rings. The van der Waals surface area contributed by atoms with E-state index >= 15 is 0 Å². The standard InChI is InChI=1S/C24H25N5O3/c1-32-24(31)15-5-4-6-16(11-15)29-17-9-10-18(29)14-28(13-17)21-12-20(26-27-23(21)25)19-7-2-3-8-22(19)30/h2-8,11-12,17-18,30H,9-10,13-14H2,1H3,(H2,25,27)/t17-,18+. The summed E-state index contributed by atoms with van der Waals surface area (Å²) in [5, 5.41) is 18.6. The van der Waals surface area contributed by atoms with Gasteiger partial charge in [-0.2, -0.15) is 0 Å². The molecule has 2 saturated heterocycles. The number of esters is 1. The predicted octanol–water partition coefficient (Wildman–Crippen LogP) is 3.08. The molecule has 0 saturated carbocycles. The minimum Gasteiger partial charge on any atom is -0.507 e. The molecular formula is C24H25N5O3. The lowest BCUT2D eigenvalue weighted by molar-refractivity contribution is 0.0600. The molecule has 2 aromatic carbocycles. The van der Waals surface area contributed by atoms with E-state index in [1.807, 2.05) is 36.4 Å². The lowest BCUT2D eigenvalue weighted by Gasteiger charge is -2.43. The normalized spacial score (nSPS) is 19.8. The molecule has 2 atom stereocenters. The van der Waals surface area contributed by atoms with Gasteiger partial charge in [-0.1, -0.05) is 18.2 Å². The number of carbonyl (C=O) groups excluding carboxylic acids is 1. The number of fused-ring (bicyclic) bond motifs is 2. The van der Waals surface area contributed by atoms with E-state index in [4.69, 9.17) is 10.5 Å². The molecule has 2 aliphatic heterocycles. The molecular weight excluding hydrogens is 406 g/mol. The second kappa shape index (κ2) is 8.03. The van der Waals surface area contributed by atoms with Crippen molar-refractivity contribution in [2.24, 2.45) is 0 Å². The van der Waals surface area contributed by atoms with Crippen LogP contribution >= 0.6 is 0 Å². The highest BCUT2D eigenvalue weighted by atomic mass is 16.5. The topological polar surface area (TPSA) is 105 Å². The molecule has 8 nitrogen and oxygen atoms in total. The Hall–Kier alpha value is -3.81. The number of anilines is 3. The number of hydrogen-bond donors (Lipinski definition) is 2. The van der Waals surface area contributed by atoms with Crippen molar-refractivity contribution in [3.05, 3.63) is 60.2 Å². The van der Waals surface area contributed by atoms with Crippen LogP contribution < -0.4 is 15.5 Å². The van der Waals surface area contributed by atoms with Gasteiger partial charge in [0.1, 0.15) is 5.75 Å². The van der Waals surface area contributed by atoms with Gasteiger partial charge in [-0.05, 0) is 49.2 Å². The van der Waals surface area contributed by atoms with E-state index in [0.717, 1.165) is 37.3 Å². The van der Waals surface area contributed by atoms with Crippen LogP contribution in [0.1, 0.15) is 23.2 Å². The van der Waals surface area contributed by atoms with Gasteiger partial charge in [0.25, 0.3) is 0 Å². The molecule has 0 aliphatic carbocycles. The van der Waals surface area contributed by atoms with Gasteiger partial charge < -0.3 is 25.4 Å². The Balaban J connectivity index is 1.42. The third kappa shape index (κ3) is 3.47. The van der Waals surface area contributed by atoms with Crippen LogP contribution in [0.5, 0.6) is 5.75 Å². The number of rotatable bonds is 4. The maximum Gasteiger partial charge on any atom is 0.337 e. The molecule has 0 radical (unpaired) electrons. The van der Waals surface area contributed by atoms with E-state index in [1.165, 1.54) is 7.11 Å². The van der Waals surface area contributed by atoms with Gasteiger partial charge in [-0.3, -0.25) is 0 Å². The Morgan fingerprint density at radius 1 is 1.06 bits per heavy atom. The highest BCUT2D eigenvalue weighted by molar-refractivity contribution is 5.90. The number of nitrogens with zero attached hydrogens (tertiary/aromatic N) is 4. The summed E-state index contributed by atoms with van der Waals surface area (Å²) in [4.78, 5) is 16.7. The van der Waals surface area contributed by atoms with Crippen molar-refractivity contribution in [3.8, 4) is 17.0 Å². The highest BCUT2D eigenvalue weighted by Crippen LogP contribution is 2.39. The van der Waals surface area contributed by atoms with Crippen molar-refractivity contribution in [1.29, 1.82) is 0 Å². The van der Waals surface area contributed by atoms with Crippen LogP contribution in [0.25, 0.3) is 11.3 Å². The summed E-state index contributed by atoms with van der Waals surface area (Å²) in [6.45, 7) is 1.57. The second-order valence-electron chi connectivity index (χ2n) is 8.26. The van der Waals surface area contributed by atoms with Gasteiger partial charge in [0, 0.05) is 36.4 Å². The Bertz CT molecular complexity index is 1150. The van der Waals surface area contributed by atoms with Gasteiger partial charge in [0.05, 0.1) is 24.1 Å². The van der Waals surface area contributed by atoms with Crippen LogP contribution in [-0.4, -0.2) is 53.6 Å². The van der Waals surface area contributed by atoms with E-state index in [1.54, 1.807) is 18.2 Å². The zero-order valence-corrected chi connectivity index (χ0v) is 17.8. The van der Waals surface area contributed by atoms with Gasteiger partial charge in [0.15, 0.2) is 5.82 Å². The van der Waals surface area contributed by atoms with Crippen LogP contribution in [0.3, 0.4) is 0 Å². The van der Waals surface area contributed by atoms with Crippen LogP contribution in [0.15, 0.2) is 54.6 Å². The summed E-state index contributed by atoms with van der Waals surface area (Å²) in [5.41, 5.74) is 9.86. The number of phenolic OH excluding ortho intramolecular Hbond substituents is 1. The number of carbonyl (C=O) groups is 1. The van der Waals surface area contributed by atoms with E-state index in [-0.39, 0.29) is 11.7 Å². The summed E-state index contributed by atoms with van der Waals surface area (Å²) in [6.07, 6.45) is 2.13. The average molecular weight is 431 g/mol. The molecule has 0 unspecified atom stereocenters. The quantitative estimate of drug-likeness (QED) is 0.608. The number of piperazine rings is 1. The number of phenols is 1. The first kappa shape index (κ1) is 20.1. The number of nitrogen functional groups attached to an aromatic ring is 1. The van der Waals surface area contributed by atoms with Crippen LogP contribution in [0.2, 0.25) is 0 Å². The monoisotopic (exact) mass is 431 g/mol. The Morgan fingerprint density at radius 3 is 2.53 bits per heavy atom. The summed E-state index contributed by atoms with van der Waals surface area (Å²) in [7, 11) is 1.40. The predicted molar refractivity (Wildman–Crippen MR) is 123 cm³/mol. The Kier molecular flexibility index (Phi) is 5.05. The van der Waals surface area contributed by atoms with Gasteiger partial charge in [0.2, 0.25) is 0 Å². The van der Waals surface area contributed by atoms with Crippen LogP contribution in [0, 0.1) is 0 Å². The number of ether oxygens (including phenoxy) is 1.